The van der Waals surface area contributed by atoms with Crippen LogP contribution in [0.15, 0.2) is 59.5 Å². The molecular weight excluding hydrogens is 421 g/mol. The summed E-state index contributed by atoms with van der Waals surface area (Å²) in [6.07, 6.45) is 2.87. The molecular formula is C22H26FN3O4S. The van der Waals surface area contributed by atoms with E-state index in [0.29, 0.717) is 18.7 Å². The highest BCUT2D eigenvalue weighted by Crippen LogP contribution is 2.16. The molecule has 166 valence electrons. The molecule has 0 bridgehead atoms. The molecule has 7 nitrogen and oxygen atoms in total. The summed E-state index contributed by atoms with van der Waals surface area (Å²) >= 11 is 0. The molecule has 0 aliphatic rings. The van der Waals surface area contributed by atoms with Crippen molar-refractivity contribution in [1.82, 2.24) is 14.9 Å². The molecule has 2 aromatic carbocycles. The van der Waals surface area contributed by atoms with Gasteiger partial charge in [0, 0.05) is 32.3 Å². The minimum absolute atomic E-state index is 0.0554. The maximum atomic E-state index is 13.5. The lowest BCUT2D eigenvalue weighted by atomic mass is 10.2. The predicted molar refractivity (Wildman–Crippen MR) is 117 cm³/mol. The highest BCUT2D eigenvalue weighted by atomic mass is 32.2. The van der Waals surface area contributed by atoms with Crippen LogP contribution in [0.1, 0.15) is 29.8 Å². The van der Waals surface area contributed by atoms with E-state index in [4.69, 9.17) is 0 Å². The van der Waals surface area contributed by atoms with Gasteiger partial charge in [-0.15, -0.1) is 0 Å². The van der Waals surface area contributed by atoms with Crippen LogP contribution in [0, 0.1) is 5.82 Å². The Morgan fingerprint density at radius 3 is 2.19 bits per heavy atom. The van der Waals surface area contributed by atoms with Crippen molar-refractivity contribution < 1.29 is 22.4 Å². The number of hydrogen-bond acceptors (Lipinski definition) is 4. The molecule has 0 radical (unpaired) electrons. The summed E-state index contributed by atoms with van der Waals surface area (Å²) in [5.41, 5.74) is 0.613. The number of nitrogens with zero attached hydrogens (tertiary/aromatic N) is 1. The second-order valence-electron chi connectivity index (χ2n) is 6.52. The van der Waals surface area contributed by atoms with Gasteiger partial charge < -0.3 is 10.6 Å². The quantitative estimate of drug-likeness (QED) is 0.432. The van der Waals surface area contributed by atoms with Crippen LogP contribution in [-0.4, -0.2) is 50.7 Å². The van der Waals surface area contributed by atoms with Gasteiger partial charge in [0.05, 0.1) is 10.5 Å². The van der Waals surface area contributed by atoms with Crippen LogP contribution in [0.3, 0.4) is 0 Å². The van der Waals surface area contributed by atoms with E-state index >= 15 is 0 Å². The highest BCUT2D eigenvalue weighted by molar-refractivity contribution is 7.89. The minimum atomic E-state index is -3.52. The van der Waals surface area contributed by atoms with Gasteiger partial charge in [-0.3, -0.25) is 9.59 Å². The van der Waals surface area contributed by atoms with Crippen molar-refractivity contribution in [2.45, 2.75) is 18.7 Å². The second-order valence-corrected chi connectivity index (χ2v) is 8.46. The van der Waals surface area contributed by atoms with Crippen LogP contribution in [0.2, 0.25) is 0 Å². The first-order chi connectivity index (χ1) is 14.8. The van der Waals surface area contributed by atoms with Crippen molar-refractivity contribution in [2.75, 3.05) is 26.2 Å². The summed E-state index contributed by atoms with van der Waals surface area (Å²) in [6, 6.07) is 11.9. The van der Waals surface area contributed by atoms with Gasteiger partial charge in [0.2, 0.25) is 15.9 Å². The summed E-state index contributed by atoms with van der Waals surface area (Å²) < 4.78 is 39.8. The Bertz CT molecular complexity index is 1030. The first-order valence-corrected chi connectivity index (χ1v) is 11.3. The first kappa shape index (κ1) is 24.2. The van der Waals surface area contributed by atoms with Gasteiger partial charge in [-0.1, -0.05) is 38.1 Å². The standard InChI is InChI=1S/C22H26FN3O4S/c1-3-26(4-2)31(29,30)18-12-9-17(10-13-18)11-14-21(27)24-15-16-25-22(28)19-7-5-6-8-20(19)23/h5-14H,3-4,15-16H2,1-2H3,(H,24,27)(H,25,28). The molecule has 0 aliphatic heterocycles. The third-order valence-corrected chi connectivity index (χ3v) is 6.54. The zero-order valence-corrected chi connectivity index (χ0v) is 18.3. The summed E-state index contributed by atoms with van der Waals surface area (Å²) in [6.45, 7) is 4.65. The van der Waals surface area contributed by atoms with Crippen molar-refractivity contribution in [3.8, 4) is 0 Å². The SMILES string of the molecule is CCN(CC)S(=O)(=O)c1ccc(C=CC(=O)NCCNC(=O)c2ccccc2F)cc1. The number of halogens is 1. The monoisotopic (exact) mass is 447 g/mol. The van der Waals surface area contributed by atoms with E-state index in [-0.39, 0.29) is 29.5 Å². The van der Waals surface area contributed by atoms with Gasteiger partial charge in [0.15, 0.2) is 0 Å². The highest BCUT2D eigenvalue weighted by Gasteiger charge is 2.20. The molecule has 0 heterocycles. The molecule has 0 aliphatic carbocycles. The fourth-order valence-electron chi connectivity index (χ4n) is 2.80. The van der Waals surface area contributed by atoms with Crippen molar-refractivity contribution >= 4 is 27.9 Å². The molecule has 0 atom stereocenters. The molecule has 9 heteroatoms. The Balaban J connectivity index is 1.82. The van der Waals surface area contributed by atoms with Crippen molar-refractivity contribution in [2.24, 2.45) is 0 Å². The fraction of sp³-hybridized carbons (Fsp3) is 0.273. The average Bonchev–Trinajstić information content (AvgIpc) is 2.76. The van der Waals surface area contributed by atoms with Gasteiger partial charge in [0.1, 0.15) is 5.82 Å². The van der Waals surface area contributed by atoms with E-state index < -0.39 is 21.7 Å². The van der Waals surface area contributed by atoms with E-state index in [2.05, 4.69) is 10.6 Å². The number of carbonyl (C=O) groups is 2. The lowest BCUT2D eigenvalue weighted by Crippen LogP contribution is -2.34. The zero-order valence-electron chi connectivity index (χ0n) is 17.5. The van der Waals surface area contributed by atoms with Crippen LogP contribution < -0.4 is 10.6 Å². The molecule has 2 amide bonds. The van der Waals surface area contributed by atoms with Crippen molar-refractivity contribution in [1.29, 1.82) is 0 Å². The van der Waals surface area contributed by atoms with Gasteiger partial charge in [-0.05, 0) is 35.9 Å². The molecule has 0 fully saturated rings. The van der Waals surface area contributed by atoms with E-state index in [9.17, 15) is 22.4 Å². The summed E-state index contributed by atoms with van der Waals surface area (Å²) in [7, 11) is -3.52. The minimum Gasteiger partial charge on any atom is -0.351 e. The maximum absolute atomic E-state index is 13.5. The van der Waals surface area contributed by atoms with Crippen molar-refractivity contribution in [3.63, 3.8) is 0 Å². The van der Waals surface area contributed by atoms with Crippen LogP contribution in [0.5, 0.6) is 0 Å². The molecule has 2 N–H and O–H groups in total. The molecule has 0 saturated heterocycles. The Morgan fingerprint density at radius 2 is 1.58 bits per heavy atom. The summed E-state index contributed by atoms with van der Waals surface area (Å²) in [4.78, 5) is 24.0. The first-order valence-electron chi connectivity index (χ1n) is 9.88. The van der Waals surface area contributed by atoms with E-state index in [1.807, 2.05) is 0 Å². The Morgan fingerprint density at radius 1 is 0.968 bits per heavy atom. The summed E-state index contributed by atoms with van der Waals surface area (Å²) in [5, 5.41) is 5.13. The number of carbonyl (C=O) groups excluding carboxylic acids is 2. The number of amides is 2. The second kappa shape index (κ2) is 11.4. The van der Waals surface area contributed by atoms with Gasteiger partial charge in [0.25, 0.3) is 5.91 Å². The number of nitrogens with one attached hydrogen (secondary N) is 2. The smallest absolute Gasteiger partial charge is 0.254 e. The Labute approximate surface area is 182 Å². The molecule has 0 aromatic heterocycles. The molecule has 2 rings (SSSR count). The molecule has 0 spiro atoms. The zero-order chi connectivity index (χ0) is 22.9. The fourth-order valence-corrected chi connectivity index (χ4v) is 4.25. The number of sulfonamides is 1. The van der Waals surface area contributed by atoms with Crippen LogP contribution in [-0.2, 0) is 14.8 Å². The van der Waals surface area contributed by atoms with Crippen LogP contribution in [0.4, 0.5) is 4.39 Å². The maximum Gasteiger partial charge on any atom is 0.254 e. The van der Waals surface area contributed by atoms with Gasteiger partial charge in [-0.25, -0.2) is 12.8 Å². The van der Waals surface area contributed by atoms with Crippen LogP contribution >= 0.6 is 0 Å². The van der Waals surface area contributed by atoms with E-state index in [1.54, 1.807) is 38.1 Å². The van der Waals surface area contributed by atoms with Crippen LogP contribution in [0.25, 0.3) is 6.08 Å². The predicted octanol–water partition coefficient (Wildman–Crippen LogP) is 2.42. The third-order valence-electron chi connectivity index (χ3n) is 4.48. The van der Waals surface area contributed by atoms with Crippen molar-refractivity contribution in [3.05, 3.63) is 71.6 Å². The lowest BCUT2D eigenvalue weighted by molar-refractivity contribution is -0.116. The number of rotatable bonds is 10. The van der Waals surface area contributed by atoms with E-state index in [0.717, 1.165) is 0 Å². The summed E-state index contributed by atoms with van der Waals surface area (Å²) in [5.74, 6) is -1.54. The Kier molecular flexibility index (Phi) is 8.89. The lowest BCUT2D eigenvalue weighted by Gasteiger charge is -2.18. The number of hydrogen-bond donors (Lipinski definition) is 2. The molecule has 2 aromatic rings. The number of benzene rings is 2. The Hall–Kier alpha value is -3.04. The molecule has 31 heavy (non-hydrogen) atoms. The average molecular weight is 448 g/mol. The normalized spacial score (nSPS) is 11.6. The van der Waals surface area contributed by atoms with Gasteiger partial charge >= 0.3 is 0 Å². The topological polar surface area (TPSA) is 95.6 Å². The largest absolute Gasteiger partial charge is 0.351 e. The molecule has 0 unspecified atom stereocenters. The van der Waals surface area contributed by atoms with Gasteiger partial charge in [-0.2, -0.15) is 4.31 Å². The molecule has 0 saturated carbocycles. The third kappa shape index (κ3) is 6.73. The van der Waals surface area contributed by atoms with E-state index in [1.165, 1.54) is 40.7 Å².